The maximum absolute atomic E-state index is 5.46. The summed E-state index contributed by atoms with van der Waals surface area (Å²) in [4.78, 5) is 0. The third-order valence-corrected chi connectivity index (χ3v) is 4.79. The van der Waals surface area contributed by atoms with Crippen LogP contribution in [-0.2, 0) is 4.74 Å². The molecule has 1 aliphatic carbocycles. The maximum atomic E-state index is 5.46. The Bertz CT molecular complexity index is 677. The number of methoxy groups -OCH3 is 1. The van der Waals surface area contributed by atoms with E-state index in [9.17, 15) is 0 Å². The predicted molar refractivity (Wildman–Crippen MR) is 95.6 cm³/mol. The van der Waals surface area contributed by atoms with E-state index >= 15 is 0 Å². The molecule has 1 nitrogen and oxygen atoms in total. The fourth-order valence-electron chi connectivity index (χ4n) is 3.25. The van der Waals surface area contributed by atoms with Crippen molar-refractivity contribution in [1.29, 1.82) is 0 Å². The molecule has 0 amide bonds. The van der Waals surface area contributed by atoms with Crippen molar-refractivity contribution in [2.24, 2.45) is 0 Å². The van der Waals surface area contributed by atoms with Gasteiger partial charge in [-0.2, -0.15) is 0 Å². The Balaban J connectivity index is 1.65. The number of hydrogen-bond acceptors (Lipinski definition) is 1. The van der Waals surface area contributed by atoms with Crippen molar-refractivity contribution in [2.45, 2.75) is 44.6 Å². The first kappa shape index (κ1) is 15.8. The summed E-state index contributed by atoms with van der Waals surface area (Å²) >= 11 is 0. The second-order valence-electron chi connectivity index (χ2n) is 6.45. The van der Waals surface area contributed by atoms with Crippen molar-refractivity contribution in [3.63, 3.8) is 0 Å². The topological polar surface area (TPSA) is 9.23 Å². The molecule has 0 heterocycles. The Kier molecular flexibility index (Phi) is 5.16. The SMILES string of the molecule is COC1CCC(c2ccc(C#Cc3ccc(C)cc3)cc2)CC1. The molecule has 0 bridgehead atoms. The van der Waals surface area contributed by atoms with Crippen LogP contribution in [0.15, 0.2) is 48.5 Å². The first-order valence-corrected chi connectivity index (χ1v) is 8.46. The Morgan fingerprint density at radius 3 is 1.83 bits per heavy atom. The van der Waals surface area contributed by atoms with Crippen LogP contribution >= 0.6 is 0 Å². The van der Waals surface area contributed by atoms with Crippen LogP contribution in [0.25, 0.3) is 0 Å². The molecule has 0 aliphatic heterocycles. The number of hydrogen-bond donors (Lipinski definition) is 0. The lowest BCUT2D eigenvalue weighted by Crippen LogP contribution is -2.19. The Hall–Kier alpha value is -2.04. The minimum absolute atomic E-state index is 0.464. The monoisotopic (exact) mass is 304 g/mol. The van der Waals surface area contributed by atoms with E-state index in [0.717, 1.165) is 11.1 Å². The van der Waals surface area contributed by atoms with Gasteiger partial charge in [0.05, 0.1) is 6.10 Å². The minimum atomic E-state index is 0.464. The number of aryl methyl sites for hydroxylation is 1. The van der Waals surface area contributed by atoms with Crippen LogP contribution in [0.2, 0.25) is 0 Å². The van der Waals surface area contributed by atoms with Gasteiger partial charge in [-0.25, -0.2) is 0 Å². The summed E-state index contributed by atoms with van der Waals surface area (Å²) in [6, 6.07) is 17.1. The van der Waals surface area contributed by atoms with E-state index in [1.54, 1.807) is 0 Å². The molecule has 23 heavy (non-hydrogen) atoms. The van der Waals surface area contributed by atoms with E-state index in [0.29, 0.717) is 12.0 Å². The van der Waals surface area contributed by atoms with Crippen molar-refractivity contribution >= 4 is 0 Å². The average Bonchev–Trinajstić information content (AvgIpc) is 2.62. The van der Waals surface area contributed by atoms with Crippen LogP contribution in [0.3, 0.4) is 0 Å². The van der Waals surface area contributed by atoms with Gasteiger partial charge in [-0.1, -0.05) is 41.7 Å². The first-order valence-electron chi connectivity index (χ1n) is 8.46. The van der Waals surface area contributed by atoms with Gasteiger partial charge < -0.3 is 4.74 Å². The van der Waals surface area contributed by atoms with E-state index in [4.69, 9.17) is 4.74 Å². The predicted octanol–water partition coefficient (Wildman–Crippen LogP) is 5.07. The fraction of sp³-hybridized carbons (Fsp3) is 0.364. The highest BCUT2D eigenvalue weighted by Crippen LogP contribution is 2.33. The lowest BCUT2D eigenvalue weighted by atomic mass is 9.82. The normalized spacial score (nSPS) is 20.6. The molecule has 0 saturated heterocycles. The van der Waals surface area contributed by atoms with Crippen molar-refractivity contribution in [3.8, 4) is 11.8 Å². The van der Waals surface area contributed by atoms with Gasteiger partial charge in [-0.3, -0.25) is 0 Å². The Labute approximate surface area is 139 Å². The smallest absolute Gasteiger partial charge is 0.0571 e. The molecular weight excluding hydrogens is 280 g/mol. The van der Waals surface area contributed by atoms with Crippen LogP contribution in [0.4, 0.5) is 0 Å². The molecule has 1 heteroatoms. The summed E-state index contributed by atoms with van der Waals surface area (Å²) in [5.74, 6) is 7.17. The highest BCUT2D eigenvalue weighted by atomic mass is 16.5. The van der Waals surface area contributed by atoms with Crippen LogP contribution in [0.5, 0.6) is 0 Å². The largest absolute Gasteiger partial charge is 0.381 e. The zero-order valence-electron chi connectivity index (χ0n) is 14.0. The summed E-state index contributed by atoms with van der Waals surface area (Å²) in [5, 5.41) is 0. The highest BCUT2D eigenvalue weighted by molar-refractivity contribution is 5.44. The van der Waals surface area contributed by atoms with Crippen LogP contribution < -0.4 is 0 Å². The molecule has 118 valence electrons. The summed E-state index contributed by atoms with van der Waals surface area (Å²) in [6.07, 6.45) is 5.28. The van der Waals surface area contributed by atoms with E-state index in [-0.39, 0.29) is 0 Å². The molecular formula is C22H24O. The van der Waals surface area contributed by atoms with Gasteiger partial charge in [-0.15, -0.1) is 0 Å². The molecule has 0 aromatic heterocycles. The third-order valence-electron chi connectivity index (χ3n) is 4.79. The van der Waals surface area contributed by atoms with Crippen molar-refractivity contribution in [3.05, 3.63) is 70.8 Å². The molecule has 0 spiro atoms. The zero-order valence-corrected chi connectivity index (χ0v) is 14.0. The van der Waals surface area contributed by atoms with Gasteiger partial charge in [0.15, 0.2) is 0 Å². The van der Waals surface area contributed by atoms with Crippen LogP contribution in [0, 0.1) is 18.8 Å². The van der Waals surface area contributed by atoms with Crippen molar-refractivity contribution in [1.82, 2.24) is 0 Å². The van der Waals surface area contributed by atoms with Crippen LogP contribution in [0.1, 0.15) is 53.9 Å². The molecule has 1 aliphatic rings. The van der Waals surface area contributed by atoms with Gasteiger partial charge in [0, 0.05) is 18.2 Å². The van der Waals surface area contributed by atoms with E-state index < -0.39 is 0 Å². The van der Waals surface area contributed by atoms with E-state index in [2.05, 4.69) is 67.3 Å². The summed E-state index contributed by atoms with van der Waals surface area (Å²) < 4.78 is 5.46. The Morgan fingerprint density at radius 1 is 0.783 bits per heavy atom. The summed E-state index contributed by atoms with van der Waals surface area (Å²) in [7, 11) is 1.83. The van der Waals surface area contributed by atoms with Gasteiger partial charge in [-0.05, 0) is 68.4 Å². The fourth-order valence-corrected chi connectivity index (χ4v) is 3.25. The van der Waals surface area contributed by atoms with Gasteiger partial charge in [0.2, 0.25) is 0 Å². The van der Waals surface area contributed by atoms with E-state index in [1.807, 2.05) is 7.11 Å². The molecule has 2 aromatic carbocycles. The highest BCUT2D eigenvalue weighted by Gasteiger charge is 2.21. The first-order chi connectivity index (χ1) is 11.2. The summed E-state index contributed by atoms with van der Waals surface area (Å²) in [5.41, 5.74) is 4.86. The molecule has 0 radical (unpaired) electrons. The second-order valence-corrected chi connectivity index (χ2v) is 6.45. The van der Waals surface area contributed by atoms with E-state index in [1.165, 1.54) is 36.8 Å². The lowest BCUT2D eigenvalue weighted by molar-refractivity contribution is 0.0659. The average molecular weight is 304 g/mol. The number of rotatable bonds is 2. The minimum Gasteiger partial charge on any atom is -0.381 e. The standard InChI is InChI=1S/C22H24O/c1-17-3-5-18(6-4-17)7-8-19-9-11-20(12-10-19)21-13-15-22(23-2)16-14-21/h3-6,9-12,21-22H,13-16H2,1-2H3. The lowest BCUT2D eigenvalue weighted by Gasteiger charge is -2.27. The molecule has 0 unspecified atom stereocenters. The molecule has 0 atom stereocenters. The van der Waals surface area contributed by atoms with Crippen molar-refractivity contribution in [2.75, 3.05) is 7.11 Å². The van der Waals surface area contributed by atoms with Gasteiger partial charge in [0.25, 0.3) is 0 Å². The van der Waals surface area contributed by atoms with Crippen LogP contribution in [-0.4, -0.2) is 13.2 Å². The summed E-state index contributed by atoms with van der Waals surface area (Å²) in [6.45, 7) is 2.09. The Morgan fingerprint density at radius 2 is 1.30 bits per heavy atom. The molecule has 3 rings (SSSR count). The number of ether oxygens (including phenoxy) is 1. The zero-order chi connectivity index (χ0) is 16.1. The van der Waals surface area contributed by atoms with Crippen molar-refractivity contribution < 1.29 is 4.74 Å². The van der Waals surface area contributed by atoms with Gasteiger partial charge >= 0.3 is 0 Å². The molecule has 2 aromatic rings. The second kappa shape index (κ2) is 7.49. The quantitative estimate of drug-likeness (QED) is 0.704. The molecule has 1 fully saturated rings. The molecule has 1 saturated carbocycles. The number of benzene rings is 2. The maximum Gasteiger partial charge on any atom is 0.0571 e. The third kappa shape index (κ3) is 4.24. The molecule has 0 N–H and O–H groups in total. The van der Waals surface area contributed by atoms with Gasteiger partial charge in [0.1, 0.15) is 0 Å².